The molecule has 0 radical (unpaired) electrons. The summed E-state index contributed by atoms with van der Waals surface area (Å²) in [5.74, 6) is -1.08. The molecule has 9 heteroatoms. The smallest absolute Gasteiger partial charge is 0.294 e. The Kier molecular flexibility index (Phi) is 7.22. The molecular formula is C30H26FNO6S. The van der Waals surface area contributed by atoms with Crippen LogP contribution in [0.15, 0.2) is 102 Å². The lowest BCUT2D eigenvalue weighted by Crippen LogP contribution is -2.55. The number of aliphatic hydroxyl groups excluding tert-OH is 1. The Morgan fingerprint density at radius 2 is 1.62 bits per heavy atom. The van der Waals surface area contributed by atoms with Crippen LogP contribution in [0.4, 0.5) is 10.1 Å². The number of carbonyl (C=O) groups is 1. The minimum Gasteiger partial charge on any atom is -0.507 e. The maximum Gasteiger partial charge on any atom is 0.294 e. The molecule has 1 fully saturated rings. The topological polar surface area (TPSA) is 115 Å². The Hall–Kier alpha value is -4.05. The number of nitrogens with zero attached hydrogens (tertiary/aromatic N) is 1. The van der Waals surface area contributed by atoms with Gasteiger partial charge in [-0.15, -0.1) is 0 Å². The molecule has 39 heavy (non-hydrogen) atoms. The van der Waals surface area contributed by atoms with Crippen LogP contribution < -0.4 is 4.90 Å². The second kappa shape index (κ2) is 10.6. The van der Waals surface area contributed by atoms with Gasteiger partial charge < -0.3 is 15.1 Å². The second-order valence-electron chi connectivity index (χ2n) is 9.52. The maximum absolute atomic E-state index is 13.3. The van der Waals surface area contributed by atoms with Gasteiger partial charge in [0.05, 0.1) is 23.0 Å². The van der Waals surface area contributed by atoms with Crippen molar-refractivity contribution in [2.24, 2.45) is 5.92 Å². The normalized spacial score (nSPS) is 18.0. The summed E-state index contributed by atoms with van der Waals surface area (Å²) in [6.07, 6.45) is -0.214. The molecule has 1 aliphatic rings. The molecule has 200 valence electrons. The van der Waals surface area contributed by atoms with Gasteiger partial charge in [-0.05, 0) is 72.0 Å². The van der Waals surface area contributed by atoms with Crippen LogP contribution in [0.5, 0.6) is 5.75 Å². The van der Waals surface area contributed by atoms with E-state index >= 15 is 0 Å². The summed E-state index contributed by atoms with van der Waals surface area (Å²) in [7, 11) is -4.41. The first-order valence-electron chi connectivity index (χ1n) is 12.4. The number of aliphatic hydroxyl groups is 1. The van der Waals surface area contributed by atoms with Gasteiger partial charge >= 0.3 is 0 Å². The number of amides is 1. The first kappa shape index (κ1) is 26.6. The number of β-lactam (4-membered cyclic amide) rings is 1. The van der Waals surface area contributed by atoms with Crippen LogP contribution in [-0.4, -0.2) is 29.1 Å². The average Bonchev–Trinajstić information content (AvgIpc) is 2.92. The van der Waals surface area contributed by atoms with Crippen molar-refractivity contribution >= 4 is 21.7 Å². The van der Waals surface area contributed by atoms with E-state index in [-0.39, 0.29) is 23.0 Å². The molecule has 1 saturated heterocycles. The first-order chi connectivity index (χ1) is 18.6. The highest BCUT2D eigenvalue weighted by molar-refractivity contribution is 7.85. The number of rotatable bonds is 8. The Balaban J connectivity index is 1.44. The third kappa shape index (κ3) is 5.42. The number of hydrogen-bond donors (Lipinski definition) is 3. The van der Waals surface area contributed by atoms with Crippen molar-refractivity contribution in [3.8, 4) is 16.9 Å². The standard InChI is InChI=1S/C30H26FNO6S/c31-22-12-9-19(10-13-22)27(33)16-15-26-29(32(30(26)35)23-6-2-1-3-7-23)21-11-14-25(28(34)18-21)20-5-4-8-24(17-20)39(36,37)38/h1-14,17-18,26-27,29,33-34H,15-16H2,(H,36,37,38)/t26-,27+,29-/m1/s1. The number of para-hydroxylation sites is 1. The van der Waals surface area contributed by atoms with Crippen LogP contribution in [0, 0.1) is 11.7 Å². The lowest BCUT2D eigenvalue weighted by atomic mass is 9.78. The van der Waals surface area contributed by atoms with Gasteiger partial charge in [0.15, 0.2) is 0 Å². The van der Waals surface area contributed by atoms with Gasteiger partial charge in [0.25, 0.3) is 10.1 Å². The molecule has 0 spiro atoms. The molecule has 3 N–H and O–H groups in total. The molecule has 1 aliphatic heterocycles. The second-order valence-corrected chi connectivity index (χ2v) is 10.9. The van der Waals surface area contributed by atoms with E-state index in [1.54, 1.807) is 29.2 Å². The van der Waals surface area contributed by atoms with Crippen molar-refractivity contribution in [1.29, 1.82) is 0 Å². The quantitative estimate of drug-likeness (QED) is 0.194. The summed E-state index contributed by atoms with van der Waals surface area (Å²) < 4.78 is 45.8. The summed E-state index contributed by atoms with van der Waals surface area (Å²) in [4.78, 5) is 14.7. The number of anilines is 1. The van der Waals surface area contributed by atoms with Crippen LogP contribution in [0.25, 0.3) is 11.1 Å². The molecular weight excluding hydrogens is 521 g/mol. The summed E-state index contributed by atoms with van der Waals surface area (Å²) in [6.45, 7) is 0. The highest BCUT2D eigenvalue weighted by atomic mass is 32.2. The Labute approximate surface area is 225 Å². The highest BCUT2D eigenvalue weighted by Crippen LogP contribution is 2.47. The predicted molar refractivity (Wildman–Crippen MR) is 144 cm³/mol. The van der Waals surface area contributed by atoms with Gasteiger partial charge in [0, 0.05) is 11.3 Å². The van der Waals surface area contributed by atoms with Crippen LogP contribution in [0.3, 0.4) is 0 Å². The van der Waals surface area contributed by atoms with E-state index in [1.807, 2.05) is 30.3 Å². The molecule has 1 heterocycles. The molecule has 7 nitrogen and oxygen atoms in total. The number of phenols is 1. The van der Waals surface area contributed by atoms with Crippen molar-refractivity contribution in [2.45, 2.75) is 29.9 Å². The Morgan fingerprint density at radius 3 is 2.28 bits per heavy atom. The molecule has 0 aliphatic carbocycles. The van der Waals surface area contributed by atoms with Crippen molar-refractivity contribution in [1.82, 2.24) is 0 Å². The lowest BCUT2D eigenvalue weighted by molar-refractivity contribution is -0.131. The van der Waals surface area contributed by atoms with Crippen molar-refractivity contribution in [3.63, 3.8) is 0 Å². The monoisotopic (exact) mass is 547 g/mol. The third-order valence-corrected chi connectivity index (χ3v) is 7.91. The van der Waals surface area contributed by atoms with E-state index in [0.29, 0.717) is 34.4 Å². The minimum absolute atomic E-state index is 0.109. The number of halogens is 1. The van der Waals surface area contributed by atoms with Gasteiger partial charge in [0.1, 0.15) is 11.6 Å². The minimum atomic E-state index is -4.41. The highest BCUT2D eigenvalue weighted by Gasteiger charge is 2.48. The van der Waals surface area contributed by atoms with Gasteiger partial charge in [-0.1, -0.05) is 54.6 Å². The zero-order chi connectivity index (χ0) is 27.7. The molecule has 0 unspecified atom stereocenters. The van der Waals surface area contributed by atoms with Crippen LogP contribution >= 0.6 is 0 Å². The van der Waals surface area contributed by atoms with Crippen molar-refractivity contribution in [2.75, 3.05) is 4.90 Å². The molecule has 0 bridgehead atoms. The number of phenolic OH excluding ortho intramolecular Hbond substituents is 1. The third-order valence-electron chi connectivity index (χ3n) is 7.06. The zero-order valence-corrected chi connectivity index (χ0v) is 21.5. The Morgan fingerprint density at radius 1 is 0.897 bits per heavy atom. The van der Waals surface area contributed by atoms with E-state index in [9.17, 15) is 32.4 Å². The molecule has 5 rings (SSSR count). The number of aromatic hydroxyl groups is 1. The van der Waals surface area contributed by atoms with Crippen LogP contribution in [0.1, 0.15) is 36.1 Å². The summed E-state index contributed by atoms with van der Waals surface area (Å²) in [6, 6.07) is 24.9. The first-order valence-corrected chi connectivity index (χ1v) is 13.8. The van der Waals surface area contributed by atoms with Crippen molar-refractivity contribution in [3.05, 3.63) is 114 Å². The number of benzene rings is 4. The molecule has 1 amide bonds. The summed E-state index contributed by atoms with van der Waals surface area (Å²) >= 11 is 0. The molecule has 4 aromatic rings. The SMILES string of the molecule is O=C1[C@H](CC[C@H](O)c2ccc(F)cc2)[C@@H](c2ccc(-c3cccc(S(=O)(=O)O)c3)c(O)c2)N1c1ccccc1. The number of carbonyl (C=O) groups excluding carboxylic acids is 1. The van der Waals surface area contributed by atoms with Gasteiger partial charge in [-0.25, -0.2) is 4.39 Å². The zero-order valence-electron chi connectivity index (χ0n) is 20.7. The van der Waals surface area contributed by atoms with Crippen LogP contribution in [-0.2, 0) is 14.9 Å². The molecule has 0 aromatic heterocycles. The van der Waals surface area contributed by atoms with E-state index in [1.165, 1.54) is 42.5 Å². The summed E-state index contributed by atoms with van der Waals surface area (Å²) in [5.41, 5.74) is 2.70. The van der Waals surface area contributed by atoms with E-state index < -0.39 is 34.0 Å². The van der Waals surface area contributed by atoms with E-state index in [2.05, 4.69) is 0 Å². The fraction of sp³-hybridized carbons (Fsp3) is 0.167. The van der Waals surface area contributed by atoms with Gasteiger partial charge in [-0.3, -0.25) is 9.35 Å². The molecule has 4 aromatic carbocycles. The fourth-order valence-corrected chi connectivity index (χ4v) is 5.60. The molecule has 0 saturated carbocycles. The van der Waals surface area contributed by atoms with Crippen molar-refractivity contribution < 1.29 is 32.4 Å². The average molecular weight is 548 g/mol. The van der Waals surface area contributed by atoms with E-state index in [0.717, 1.165) is 0 Å². The number of hydrogen-bond acceptors (Lipinski definition) is 5. The predicted octanol–water partition coefficient (Wildman–Crippen LogP) is 5.66. The fourth-order valence-electron chi connectivity index (χ4n) is 5.08. The van der Waals surface area contributed by atoms with Crippen LogP contribution in [0.2, 0.25) is 0 Å². The summed E-state index contributed by atoms with van der Waals surface area (Å²) in [5, 5.41) is 21.6. The Bertz CT molecular complexity index is 1610. The maximum atomic E-state index is 13.3. The van der Waals surface area contributed by atoms with E-state index in [4.69, 9.17) is 0 Å². The van der Waals surface area contributed by atoms with Gasteiger partial charge in [0.2, 0.25) is 5.91 Å². The van der Waals surface area contributed by atoms with Gasteiger partial charge in [-0.2, -0.15) is 8.42 Å². The molecule has 3 atom stereocenters. The largest absolute Gasteiger partial charge is 0.507 e. The lowest BCUT2D eigenvalue weighted by Gasteiger charge is -2.48.